The number of allylic oxidation sites excluding steroid dienone is 1. The number of aliphatic hydroxyl groups excluding tert-OH is 5. The van der Waals surface area contributed by atoms with Crippen LogP contribution in [0.5, 0.6) is 0 Å². The molecule has 0 aromatic carbocycles. The van der Waals surface area contributed by atoms with Gasteiger partial charge in [0, 0.05) is 63.7 Å². The molecule has 0 amide bonds. The number of ether oxygens (including phenoxy) is 8. The quantitative estimate of drug-likeness (QED) is 0.142. The third kappa shape index (κ3) is 12.5. The first-order valence-corrected chi connectivity index (χ1v) is 23.8. The van der Waals surface area contributed by atoms with E-state index in [-0.39, 0.29) is 55.5 Å². The van der Waals surface area contributed by atoms with Crippen molar-refractivity contribution in [1.29, 1.82) is 0 Å². The zero-order chi connectivity index (χ0) is 47.4. The monoisotopic (exact) mass is 915 g/mol. The maximum absolute atomic E-state index is 13.8. The Kier molecular flexibility index (Phi) is 18.5. The van der Waals surface area contributed by atoms with Gasteiger partial charge < -0.3 is 73.6 Å². The molecule has 5 aliphatic rings. The summed E-state index contributed by atoms with van der Waals surface area (Å²) in [6, 6.07) is 0. The van der Waals surface area contributed by atoms with Crippen LogP contribution in [-0.2, 0) is 42.7 Å². The van der Waals surface area contributed by atoms with Crippen LogP contribution in [0.3, 0.4) is 0 Å². The molecule has 2 bridgehead atoms. The molecule has 64 heavy (non-hydrogen) atoms. The number of aliphatic hydroxyl groups is 7. The van der Waals surface area contributed by atoms with Gasteiger partial charge >= 0.3 is 5.97 Å². The zero-order valence-electron chi connectivity index (χ0n) is 39.9. The lowest BCUT2D eigenvalue weighted by atomic mass is 9.77. The SMILES string of the molecule is CCC(O)CC1O[C@@]2(CC[C@@H]1C)C[C@@H]1OC(=O)/C=C/[C@@](C)(O)[C@@H](O)[C@H](C)C(O)[C@H](OC3CC(OC)[C@H](O)C(C)O3)[C@@H](O)[C@](C)(O)CCC/C=C/[C@@H]3C[C@H](C)CO[C@@]3(OC)C[C@H](O2)C1C. The third-order valence-corrected chi connectivity index (χ3v) is 15.1. The highest BCUT2D eigenvalue weighted by atomic mass is 16.7. The van der Waals surface area contributed by atoms with E-state index in [4.69, 9.17) is 37.9 Å². The maximum atomic E-state index is 13.8. The Bertz CT molecular complexity index is 1540. The molecule has 5 heterocycles. The number of esters is 1. The number of carbonyl (C=O) groups excluding carboxylic acids is 1. The number of carbonyl (C=O) groups is 1. The Morgan fingerprint density at radius 3 is 2.30 bits per heavy atom. The topological polar surface area (TPSA) is 233 Å². The van der Waals surface area contributed by atoms with Crippen molar-refractivity contribution in [3.8, 4) is 0 Å². The molecule has 0 radical (unpaired) electrons. The predicted octanol–water partition coefficient (Wildman–Crippen LogP) is 3.81. The normalized spacial score (nSPS) is 49.7. The van der Waals surface area contributed by atoms with Crippen LogP contribution < -0.4 is 0 Å². The summed E-state index contributed by atoms with van der Waals surface area (Å²) in [6.45, 7) is 14.4. The summed E-state index contributed by atoms with van der Waals surface area (Å²) in [5, 5.41) is 80.2. The molecule has 370 valence electrons. The van der Waals surface area contributed by atoms with Crippen LogP contribution in [0.4, 0.5) is 0 Å². The molecule has 16 nitrogen and oxygen atoms in total. The van der Waals surface area contributed by atoms with Crippen molar-refractivity contribution < 1.29 is 78.4 Å². The molecule has 0 saturated carbocycles. The standard InChI is InChI=1S/C48H82O16/c1-11-33(49)22-34-28(3)16-20-47(63-34)24-36-29(4)37(64-47)25-48(58-10)32(21-27(2)26-59-48)15-13-12-14-18-45(7,55)44(54)42(62-39-23-35(57-9)41(52)31(6)60-39)40(51)30(5)43(53)46(8,56)19-17-38(50)61-36/h13,15,17,19,27-37,39-44,49,51-56H,11-12,14,16,18,20-26H2,1-10H3/b15-13+,19-17+/t27-,28-,29?,30+,31?,32+,33?,34?,35?,36-,37-,39?,40?,41+,42-,43-,44+,45+,46+,47+,48-/m0/s1. The summed E-state index contributed by atoms with van der Waals surface area (Å²) in [7, 11) is 3.06. The van der Waals surface area contributed by atoms with E-state index in [0.717, 1.165) is 25.0 Å². The molecule has 4 fully saturated rings. The predicted molar refractivity (Wildman–Crippen MR) is 234 cm³/mol. The van der Waals surface area contributed by atoms with Crippen molar-refractivity contribution in [3.05, 3.63) is 24.3 Å². The van der Waals surface area contributed by atoms with E-state index in [1.165, 1.54) is 27.9 Å². The number of methoxy groups -OCH3 is 2. The Balaban J connectivity index is 1.51. The van der Waals surface area contributed by atoms with Gasteiger partial charge in [0.05, 0.1) is 54.9 Å². The van der Waals surface area contributed by atoms with Crippen LogP contribution in [0, 0.1) is 29.6 Å². The molecule has 21 atom stereocenters. The Morgan fingerprint density at radius 1 is 0.906 bits per heavy atom. The molecule has 1 spiro atoms. The molecule has 16 heteroatoms. The van der Waals surface area contributed by atoms with Gasteiger partial charge in [-0.3, -0.25) is 0 Å². The van der Waals surface area contributed by atoms with E-state index >= 15 is 0 Å². The first-order chi connectivity index (χ1) is 30.0. The molecule has 7 unspecified atom stereocenters. The highest BCUT2D eigenvalue weighted by molar-refractivity contribution is 5.82. The fourth-order valence-electron chi connectivity index (χ4n) is 10.4. The average molecular weight is 915 g/mol. The van der Waals surface area contributed by atoms with Gasteiger partial charge in [-0.25, -0.2) is 4.79 Å². The van der Waals surface area contributed by atoms with Gasteiger partial charge in [0.2, 0.25) is 0 Å². The molecule has 4 saturated heterocycles. The summed E-state index contributed by atoms with van der Waals surface area (Å²) in [4.78, 5) is 13.8. The van der Waals surface area contributed by atoms with Crippen molar-refractivity contribution in [1.82, 2.24) is 0 Å². The molecule has 5 aliphatic heterocycles. The lowest BCUT2D eigenvalue weighted by molar-refractivity contribution is -0.364. The second kappa shape index (κ2) is 22.2. The molecule has 5 rings (SSSR count). The molecule has 0 aromatic heterocycles. The molecular formula is C48H82O16. The van der Waals surface area contributed by atoms with Crippen molar-refractivity contribution >= 4 is 5.97 Å². The summed E-state index contributed by atoms with van der Waals surface area (Å²) in [6.07, 6.45) is -1.38. The summed E-state index contributed by atoms with van der Waals surface area (Å²) >= 11 is 0. The number of rotatable bonds is 7. The van der Waals surface area contributed by atoms with Crippen LogP contribution in [-0.4, -0.2) is 159 Å². The van der Waals surface area contributed by atoms with Gasteiger partial charge in [-0.2, -0.15) is 0 Å². The smallest absolute Gasteiger partial charge is 0.330 e. The summed E-state index contributed by atoms with van der Waals surface area (Å²) in [5.74, 6) is -4.44. The van der Waals surface area contributed by atoms with Crippen molar-refractivity contribution in [3.63, 3.8) is 0 Å². The van der Waals surface area contributed by atoms with Gasteiger partial charge in [0.1, 0.15) is 30.0 Å². The minimum atomic E-state index is -2.11. The number of hydrogen-bond donors (Lipinski definition) is 7. The number of fused-ring (bicyclic) bond motifs is 3. The van der Waals surface area contributed by atoms with Crippen LogP contribution in [0.25, 0.3) is 0 Å². The maximum Gasteiger partial charge on any atom is 0.330 e. The minimum absolute atomic E-state index is 0.0399. The first-order valence-electron chi connectivity index (χ1n) is 23.8. The summed E-state index contributed by atoms with van der Waals surface area (Å²) < 4.78 is 50.6. The second-order valence-corrected chi connectivity index (χ2v) is 20.4. The first kappa shape index (κ1) is 53.3. The number of hydrogen-bond acceptors (Lipinski definition) is 16. The van der Waals surface area contributed by atoms with E-state index in [0.29, 0.717) is 38.7 Å². The molecule has 0 aromatic rings. The molecular weight excluding hydrogens is 833 g/mol. The van der Waals surface area contributed by atoms with Gasteiger partial charge in [-0.05, 0) is 83.6 Å². The van der Waals surface area contributed by atoms with Crippen LogP contribution >= 0.6 is 0 Å². The van der Waals surface area contributed by atoms with Crippen LogP contribution in [0.1, 0.15) is 126 Å². The largest absolute Gasteiger partial charge is 0.459 e. The van der Waals surface area contributed by atoms with Crippen LogP contribution in [0.2, 0.25) is 0 Å². The Hall–Kier alpha value is -1.61. The van der Waals surface area contributed by atoms with E-state index in [1.54, 1.807) is 14.0 Å². The fourth-order valence-corrected chi connectivity index (χ4v) is 10.4. The average Bonchev–Trinajstić information content (AvgIpc) is 3.25. The van der Waals surface area contributed by atoms with Gasteiger partial charge in [0.15, 0.2) is 17.9 Å². The lowest BCUT2D eigenvalue weighted by Gasteiger charge is -2.54. The van der Waals surface area contributed by atoms with Gasteiger partial charge in [-0.1, -0.05) is 46.8 Å². The van der Waals surface area contributed by atoms with Gasteiger partial charge in [-0.15, -0.1) is 0 Å². The van der Waals surface area contributed by atoms with Crippen molar-refractivity contribution in [2.24, 2.45) is 29.6 Å². The summed E-state index contributed by atoms with van der Waals surface area (Å²) in [5.41, 5.74) is -3.93. The highest BCUT2D eigenvalue weighted by Crippen LogP contribution is 2.49. The van der Waals surface area contributed by atoms with E-state index < -0.39 is 102 Å². The Labute approximate surface area is 380 Å². The zero-order valence-corrected chi connectivity index (χ0v) is 39.9. The van der Waals surface area contributed by atoms with E-state index in [2.05, 4.69) is 19.9 Å². The molecule has 0 aliphatic carbocycles. The van der Waals surface area contributed by atoms with Gasteiger partial charge in [0.25, 0.3) is 0 Å². The van der Waals surface area contributed by atoms with E-state index in [9.17, 15) is 40.5 Å². The van der Waals surface area contributed by atoms with Crippen molar-refractivity contribution in [2.75, 3.05) is 20.8 Å². The highest BCUT2D eigenvalue weighted by Gasteiger charge is 2.55. The Morgan fingerprint density at radius 2 is 1.62 bits per heavy atom. The van der Waals surface area contributed by atoms with Crippen LogP contribution in [0.15, 0.2) is 24.3 Å². The lowest BCUT2D eigenvalue weighted by Crippen LogP contribution is -2.60. The van der Waals surface area contributed by atoms with E-state index in [1.807, 2.05) is 19.9 Å². The molecule has 7 N–H and O–H groups in total. The minimum Gasteiger partial charge on any atom is -0.459 e. The van der Waals surface area contributed by atoms with Crippen molar-refractivity contribution in [2.45, 2.75) is 222 Å². The second-order valence-electron chi connectivity index (χ2n) is 20.4. The fraction of sp³-hybridized carbons (Fsp3) is 0.896. The third-order valence-electron chi connectivity index (χ3n) is 15.1.